The number of hydrogen-bond acceptors (Lipinski definition) is 3. The number of aryl methyl sites for hydroxylation is 2. The van der Waals surface area contributed by atoms with E-state index in [1.165, 1.54) is 6.07 Å². The van der Waals surface area contributed by atoms with E-state index in [2.05, 4.69) is 5.43 Å². The van der Waals surface area contributed by atoms with Crippen LogP contribution in [-0.2, 0) is 4.74 Å². The maximum absolute atomic E-state index is 13.8. The van der Waals surface area contributed by atoms with Gasteiger partial charge >= 0.3 is 0 Å². The second-order valence-electron chi connectivity index (χ2n) is 3.86. The minimum Gasteiger partial charge on any atom is -0.380 e. The molecule has 1 rings (SSSR count). The summed E-state index contributed by atoms with van der Waals surface area (Å²) in [5.41, 5.74) is 4.97. The highest BCUT2D eigenvalue weighted by Gasteiger charge is 2.17. The van der Waals surface area contributed by atoms with Crippen LogP contribution in [0.25, 0.3) is 0 Å². The molecule has 0 aliphatic rings. The molecule has 0 amide bonds. The monoisotopic (exact) mass is 226 g/mol. The average Bonchev–Trinajstić information content (AvgIpc) is 2.21. The van der Waals surface area contributed by atoms with Gasteiger partial charge in [0.1, 0.15) is 5.82 Å². The molecule has 0 aliphatic heterocycles. The largest absolute Gasteiger partial charge is 0.380 e. The number of halogens is 1. The molecule has 0 aromatic heterocycles. The first-order valence-corrected chi connectivity index (χ1v) is 5.40. The van der Waals surface area contributed by atoms with Crippen LogP contribution in [-0.4, -0.2) is 13.2 Å². The van der Waals surface area contributed by atoms with Crippen molar-refractivity contribution in [2.45, 2.75) is 26.8 Å². The van der Waals surface area contributed by atoms with Crippen molar-refractivity contribution in [2.24, 2.45) is 5.84 Å². The van der Waals surface area contributed by atoms with Crippen molar-refractivity contribution in [1.82, 2.24) is 5.43 Å². The van der Waals surface area contributed by atoms with Gasteiger partial charge in [0, 0.05) is 12.2 Å². The quantitative estimate of drug-likeness (QED) is 0.596. The molecule has 1 unspecified atom stereocenters. The number of nitrogens with two attached hydrogens (primary N) is 1. The Labute approximate surface area is 95.8 Å². The molecule has 0 bridgehead atoms. The van der Waals surface area contributed by atoms with Crippen LogP contribution in [0.3, 0.4) is 0 Å². The highest BCUT2D eigenvalue weighted by Crippen LogP contribution is 2.22. The summed E-state index contributed by atoms with van der Waals surface area (Å²) in [7, 11) is 0. The van der Waals surface area contributed by atoms with Crippen LogP contribution in [0.4, 0.5) is 4.39 Å². The lowest BCUT2D eigenvalue weighted by atomic mass is 9.99. The summed E-state index contributed by atoms with van der Waals surface area (Å²) in [4.78, 5) is 0. The zero-order chi connectivity index (χ0) is 12.1. The second kappa shape index (κ2) is 5.94. The summed E-state index contributed by atoms with van der Waals surface area (Å²) in [6.07, 6.45) is 0. The van der Waals surface area contributed by atoms with E-state index in [9.17, 15) is 4.39 Å². The van der Waals surface area contributed by atoms with Gasteiger partial charge in [-0.05, 0) is 38.0 Å². The lowest BCUT2D eigenvalue weighted by Gasteiger charge is -2.19. The zero-order valence-electron chi connectivity index (χ0n) is 10.0. The lowest BCUT2D eigenvalue weighted by molar-refractivity contribution is 0.122. The van der Waals surface area contributed by atoms with Crippen molar-refractivity contribution >= 4 is 0 Å². The Balaban J connectivity index is 2.99. The van der Waals surface area contributed by atoms with Crippen LogP contribution in [0.2, 0.25) is 0 Å². The van der Waals surface area contributed by atoms with Crippen LogP contribution in [0.15, 0.2) is 12.1 Å². The predicted octanol–water partition coefficient (Wildman–Crippen LogP) is 1.98. The molecule has 1 atom stereocenters. The summed E-state index contributed by atoms with van der Waals surface area (Å²) < 4.78 is 19.1. The third-order valence-corrected chi connectivity index (χ3v) is 2.52. The van der Waals surface area contributed by atoms with Crippen LogP contribution < -0.4 is 11.3 Å². The standard InChI is InChI=1S/C12H19FN2O/c1-4-16-7-11(15-14)12-9(3)5-8(2)6-10(12)13/h5-6,11,15H,4,7,14H2,1-3H3. The Morgan fingerprint density at radius 1 is 1.44 bits per heavy atom. The van der Waals surface area contributed by atoms with Crippen molar-refractivity contribution in [3.63, 3.8) is 0 Å². The van der Waals surface area contributed by atoms with Crippen LogP contribution in [0, 0.1) is 19.7 Å². The smallest absolute Gasteiger partial charge is 0.128 e. The van der Waals surface area contributed by atoms with Gasteiger partial charge in [-0.3, -0.25) is 11.3 Å². The molecular formula is C12H19FN2O. The molecule has 0 aliphatic carbocycles. The van der Waals surface area contributed by atoms with E-state index in [0.29, 0.717) is 18.8 Å². The van der Waals surface area contributed by atoms with Gasteiger partial charge in [-0.2, -0.15) is 0 Å². The molecule has 4 heteroatoms. The third kappa shape index (κ3) is 3.01. The fraction of sp³-hybridized carbons (Fsp3) is 0.500. The van der Waals surface area contributed by atoms with E-state index in [4.69, 9.17) is 10.6 Å². The molecule has 0 saturated heterocycles. The third-order valence-electron chi connectivity index (χ3n) is 2.52. The predicted molar refractivity (Wildman–Crippen MR) is 62.4 cm³/mol. The first-order chi connectivity index (χ1) is 7.60. The summed E-state index contributed by atoms with van der Waals surface area (Å²) in [5.74, 6) is 5.19. The van der Waals surface area contributed by atoms with E-state index >= 15 is 0 Å². The highest BCUT2D eigenvalue weighted by molar-refractivity contribution is 5.34. The fourth-order valence-corrected chi connectivity index (χ4v) is 1.82. The Morgan fingerprint density at radius 2 is 2.12 bits per heavy atom. The maximum atomic E-state index is 13.8. The average molecular weight is 226 g/mol. The molecule has 0 spiro atoms. The van der Waals surface area contributed by atoms with Gasteiger partial charge < -0.3 is 4.74 Å². The number of nitrogens with one attached hydrogen (secondary N) is 1. The zero-order valence-corrected chi connectivity index (χ0v) is 10.0. The summed E-state index contributed by atoms with van der Waals surface area (Å²) in [6.45, 7) is 6.60. The Morgan fingerprint density at radius 3 is 2.62 bits per heavy atom. The van der Waals surface area contributed by atoms with E-state index < -0.39 is 0 Å². The van der Waals surface area contributed by atoms with Gasteiger partial charge in [0.25, 0.3) is 0 Å². The van der Waals surface area contributed by atoms with Crippen molar-refractivity contribution < 1.29 is 9.13 Å². The summed E-state index contributed by atoms with van der Waals surface area (Å²) >= 11 is 0. The molecule has 1 aromatic carbocycles. The number of ether oxygens (including phenoxy) is 1. The van der Waals surface area contributed by atoms with Gasteiger partial charge in [0.2, 0.25) is 0 Å². The molecule has 3 nitrogen and oxygen atoms in total. The Bertz CT molecular complexity index is 332. The molecule has 0 heterocycles. The molecule has 0 fully saturated rings. The van der Waals surface area contributed by atoms with Gasteiger partial charge in [0.05, 0.1) is 12.6 Å². The molecule has 0 radical (unpaired) electrons. The van der Waals surface area contributed by atoms with Crippen LogP contribution >= 0.6 is 0 Å². The fourth-order valence-electron chi connectivity index (χ4n) is 1.82. The minimum absolute atomic E-state index is 0.236. The highest BCUT2D eigenvalue weighted by atomic mass is 19.1. The molecule has 0 saturated carbocycles. The SMILES string of the molecule is CCOCC(NN)c1c(C)cc(C)cc1F. The van der Waals surface area contributed by atoms with Gasteiger partial charge in [-0.1, -0.05) is 6.07 Å². The van der Waals surface area contributed by atoms with E-state index in [1.807, 2.05) is 26.8 Å². The van der Waals surface area contributed by atoms with E-state index in [1.54, 1.807) is 0 Å². The first-order valence-electron chi connectivity index (χ1n) is 5.40. The van der Waals surface area contributed by atoms with Crippen LogP contribution in [0.5, 0.6) is 0 Å². The van der Waals surface area contributed by atoms with Gasteiger partial charge in [0.15, 0.2) is 0 Å². The van der Waals surface area contributed by atoms with E-state index in [0.717, 1.165) is 11.1 Å². The number of hydrogen-bond donors (Lipinski definition) is 2. The van der Waals surface area contributed by atoms with Crippen LogP contribution in [0.1, 0.15) is 29.7 Å². The Kier molecular flexibility index (Phi) is 4.86. The van der Waals surface area contributed by atoms with E-state index in [-0.39, 0.29) is 11.9 Å². The summed E-state index contributed by atoms with van der Waals surface area (Å²) in [6, 6.07) is 3.15. The van der Waals surface area contributed by atoms with Gasteiger partial charge in [-0.15, -0.1) is 0 Å². The molecular weight excluding hydrogens is 207 g/mol. The molecule has 1 aromatic rings. The number of rotatable bonds is 5. The normalized spacial score (nSPS) is 12.8. The topological polar surface area (TPSA) is 47.3 Å². The Hall–Kier alpha value is -0.970. The van der Waals surface area contributed by atoms with Crippen molar-refractivity contribution in [3.8, 4) is 0 Å². The first kappa shape index (κ1) is 13.1. The number of benzene rings is 1. The van der Waals surface area contributed by atoms with Crippen molar-refractivity contribution in [1.29, 1.82) is 0 Å². The van der Waals surface area contributed by atoms with Crippen molar-refractivity contribution in [2.75, 3.05) is 13.2 Å². The van der Waals surface area contributed by atoms with Gasteiger partial charge in [-0.25, -0.2) is 4.39 Å². The number of hydrazine groups is 1. The minimum atomic E-state index is -0.305. The molecule has 3 N–H and O–H groups in total. The maximum Gasteiger partial charge on any atom is 0.128 e. The lowest BCUT2D eigenvalue weighted by Crippen LogP contribution is -2.32. The second-order valence-corrected chi connectivity index (χ2v) is 3.86. The summed E-state index contributed by atoms with van der Waals surface area (Å²) in [5, 5.41) is 0. The molecule has 16 heavy (non-hydrogen) atoms. The van der Waals surface area contributed by atoms with Crippen molar-refractivity contribution in [3.05, 3.63) is 34.6 Å². The molecule has 90 valence electrons.